The molecule has 0 radical (unpaired) electrons. The maximum Gasteiger partial charge on any atom is 0.226 e. The van der Waals surface area contributed by atoms with Gasteiger partial charge in [0.25, 0.3) is 0 Å². The average Bonchev–Trinajstić information content (AvgIpc) is 2.79. The molecule has 2 rings (SSSR count). The summed E-state index contributed by atoms with van der Waals surface area (Å²) in [6.45, 7) is 0. The number of hydrogen-bond donors (Lipinski definition) is 0. The molecule has 0 unspecified atom stereocenters. The zero-order chi connectivity index (χ0) is 12.1. The lowest BCUT2D eigenvalue weighted by Gasteiger charge is -1.92. The second-order valence-corrected chi connectivity index (χ2v) is 3.53. The average molecular weight is 231 g/mol. The van der Waals surface area contributed by atoms with Gasteiger partial charge in [0, 0.05) is 18.4 Å². The van der Waals surface area contributed by atoms with Crippen molar-refractivity contribution in [1.82, 2.24) is 10.1 Å². The number of benzene rings is 1. The predicted molar refractivity (Wildman–Crippen MR) is 58.2 cm³/mol. The minimum absolute atomic E-state index is 0.300. The summed E-state index contributed by atoms with van der Waals surface area (Å²) < 4.78 is 17.7. The van der Waals surface area contributed by atoms with Crippen LogP contribution in [0.3, 0.4) is 0 Å². The molecule has 0 atom stereocenters. The van der Waals surface area contributed by atoms with Crippen LogP contribution in [0.5, 0.6) is 0 Å². The highest BCUT2D eigenvalue weighted by molar-refractivity contribution is 5.53. The summed E-state index contributed by atoms with van der Waals surface area (Å²) in [6, 6.07) is 7.94. The van der Waals surface area contributed by atoms with Crippen molar-refractivity contribution in [3.8, 4) is 17.5 Å². The molecule has 2 aromatic rings. The van der Waals surface area contributed by atoms with Crippen molar-refractivity contribution in [2.75, 3.05) is 0 Å². The normalized spacial score (nSPS) is 10.1. The molecule has 0 fully saturated rings. The summed E-state index contributed by atoms with van der Waals surface area (Å²) in [5.74, 6) is 0.642. The van der Waals surface area contributed by atoms with Gasteiger partial charge in [-0.1, -0.05) is 5.16 Å². The van der Waals surface area contributed by atoms with Crippen LogP contribution in [0.15, 0.2) is 28.8 Å². The van der Waals surface area contributed by atoms with E-state index >= 15 is 0 Å². The Labute approximate surface area is 97.7 Å². The number of nitrogens with zero attached hydrogens (tertiary/aromatic N) is 3. The lowest BCUT2D eigenvalue weighted by atomic mass is 10.2. The number of aryl methyl sites for hydroxylation is 1. The largest absolute Gasteiger partial charge is 0.339 e. The Morgan fingerprint density at radius 2 is 2.06 bits per heavy atom. The second-order valence-electron chi connectivity index (χ2n) is 3.53. The SMILES string of the molecule is N#CCCCc1nc(-c2ccc(F)cc2)no1. The monoisotopic (exact) mass is 231 g/mol. The molecular weight excluding hydrogens is 221 g/mol. The standard InChI is InChI=1S/C12H10FN3O/c13-10-6-4-9(5-7-10)12-15-11(17-16-12)3-1-2-8-14/h4-7H,1-3H2. The second kappa shape index (κ2) is 5.21. The fraction of sp³-hybridized carbons (Fsp3) is 0.250. The smallest absolute Gasteiger partial charge is 0.226 e. The van der Waals surface area contributed by atoms with E-state index in [0.717, 1.165) is 0 Å². The van der Waals surface area contributed by atoms with Gasteiger partial charge in [0.2, 0.25) is 11.7 Å². The van der Waals surface area contributed by atoms with E-state index in [1.165, 1.54) is 12.1 Å². The molecule has 1 heterocycles. The number of aromatic nitrogens is 2. The highest BCUT2D eigenvalue weighted by atomic mass is 19.1. The lowest BCUT2D eigenvalue weighted by Crippen LogP contribution is -1.85. The Hall–Kier alpha value is -2.22. The van der Waals surface area contributed by atoms with Gasteiger partial charge in [-0.3, -0.25) is 0 Å². The Bertz CT molecular complexity index is 527. The first-order chi connectivity index (χ1) is 8.29. The van der Waals surface area contributed by atoms with Crippen molar-refractivity contribution in [3.05, 3.63) is 36.0 Å². The number of rotatable bonds is 4. The third kappa shape index (κ3) is 2.88. The Kier molecular flexibility index (Phi) is 3.46. The molecule has 0 aliphatic carbocycles. The zero-order valence-corrected chi connectivity index (χ0v) is 9.06. The molecule has 0 aliphatic heterocycles. The Morgan fingerprint density at radius 3 is 2.76 bits per heavy atom. The molecule has 0 bridgehead atoms. The minimum Gasteiger partial charge on any atom is -0.339 e. The van der Waals surface area contributed by atoms with E-state index in [1.807, 2.05) is 0 Å². The highest BCUT2D eigenvalue weighted by Gasteiger charge is 2.08. The summed E-state index contributed by atoms with van der Waals surface area (Å²) in [5, 5.41) is 12.2. The summed E-state index contributed by atoms with van der Waals surface area (Å²) in [4.78, 5) is 4.17. The molecule has 4 nitrogen and oxygen atoms in total. The minimum atomic E-state index is -0.300. The quantitative estimate of drug-likeness (QED) is 0.759. The molecule has 1 aromatic carbocycles. The van der Waals surface area contributed by atoms with Gasteiger partial charge in [-0.05, 0) is 30.7 Å². The van der Waals surface area contributed by atoms with Crippen LogP contribution in [0.4, 0.5) is 4.39 Å². The van der Waals surface area contributed by atoms with Crippen LogP contribution in [-0.4, -0.2) is 10.1 Å². The fourth-order valence-electron chi connectivity index (χ4n) is 1.39. The third-order valence-electron chi connectivity index (χ3n) is 2.25. The highest BCUT2D eigenvalue weighted by Crippen LogP contribution is 2.16. The first-order valence-corrected chi connectivity index (χ1v) is 5.25. The fourth-order valence-corrected chi connectivity index (χ4v) is 1.39. The molecule has 0 amide bonds. The number of hydrogen-bond acceptors (Lipinski definition) is 4. The van der Waals surface area contributed by atoms with Gasteiger partial charge < -0.3 is 4.52 Å². The molecular formula is C12H10FN3O. The molecule has 1 aromatic heterocycles. The van der Waals surface area contributed by atoms with Gasteiger partial charge in [0.15, 0.2) is 0 Å². The van der Waals surface area contributed by atoms with Crippen LogP contribution in [0.1, 0.15) is 18.7 Å². The summed E-state index contributed by atoms with van der Waals surface area (Å²) in [7, 11) is 0. The molecule has 86 valence electrons. The van der Waals surface area contributed by atoms with E-state index in [9.17, 15) is 4.39 Å². The first kappa shape index (κ1) is 11.3. The van der Waals surface area contributed by atoms with Crippen LogP contribution in [0.25, 0.3) is 11.4 Å². The molecule has 5 heteroatoms. The van der Waals surface area contributed by atoms with Gasteiger partial charge in [0.05, 0.1) is 6.07 Å². The molecule has 0 saturated heterocycles. The van der Waals surface area contributed by atoms with Crippen molar-refractivity contribution in [1.29, 1.82) is 5.26 Å². The lowest BCUT2D eigenvalue weighted by molar-refractivity contribution is 0.376. The van der Waals surface area contributed by atoms with Crippen LogP contribution in [-0.2, 0) is 6.42 Å². The van der Waals surface area contributed by atoms with E-state index in [2.05, 4.69) is 16.2 Å². The van der Waals surface area contributed by atoms with Gasteiger partial charge in [-0.15, -0.1) is 0 Å². The first-order valence-electron chi connectivity index (χ1n) is 5.25. The maximum atomic E-state index is 12.7. The van der Waals surface area contributed by atoms with E-state index in [1.54, 1.807) is 12.1 Å². The van der Waals surface area contributed by atoms with Crippen molar-refractivity contribution < 1.29 is 8.91 Å². The van der Waals surface area contributed by atoms with Gasteiger partial charge >= 0.3 is 0 Å². The molecule has 0 aliphatic rings. The van der Waals surface area contributed by atoms with E-state index < -0.39 is 0 Å². The van der Waals surface area contributed by atoms with E-state index in [-0.39, 0.29) is 5.82 Å². The maximum absolute atomic E-state index is 12.7. The van der Waals surface area contributed by atoms with Gasteiger partial charge in [0.1, 0.15) is 5.82 Å². The molecule has 0 spiro atoms. The Morgan fingerprint density at radius 1 is 1.29 bits per heavy atom. The van der Waals surface area contributed by atoms with Crippen molar-refractivity contribution in [2.24, 2.45) is 0 Å². The van der Waals surface area contributed by atoms with Crippen LogP contribution >= 0.6 is 0 Å². The summed E-state index contributed by atoms with van der Waals surface area (Å²) in [6.07, 6.45) is 1.75. The molecule has 0 N–H and O–H groups in total. The zero-order valence-electron chi connectivity index (χ0n) is 9.06. The topological polar surface area (TPSA) is 62.7 Å². The van der Waals surface area contributed by atoms with Crippen molar-refractivity contribution in [3.63, 3.8) is 0 Å². The predicted octanol–water partition coefficient (Wildman–Crippen LogP) is 2.72. The third-order valence-corrected chi connectivity index (χ3v) is 2.25. The molecule has 0 saturated carbocycles. The van der Waals surface area contributed by atoms with Crippen molar-refractivity contribution in [2.45, 2.75) is 19.3 Å². The number of unbranched alkanes of at least 4 members (excludes halogenated alkanes) is 1. The van der Waals surface area contributed by atoms with Gasteiger partial charge in [-0.2, -0.15) is 10.2 Å². The van der Waals surface area contributed by atoms with Crippen LogP contribution in [0.2, 0.25) is 0 Å². The number of halogens is 1. The molecule has 17 heavy (non-hydrogen) atoms. The summed E-state index contributed by atoms with van der Waals surface area (Å²) in [5.41, 5.74) is 0.710. The number of nitriles is 1. The van der Waals surface area contributed by atoms with E-state index in [0.29, 0.717) is 36.5 Å². The summed E-state index contributed by atoms with van der Waals surface area (Å²) >= 11 is 0. The van der Waals surface area contributed by atoms with E-state index in [4.69, 9.17) is 9.78 Å². The van der Waals surface area contributed by atoms with Crippen LogP contribution in [0, 0.1) is 17.1 Å². The van der Waals surface area contributed by atoms with Crippen molar-refractivity contribution >= 4 is 0 Å². The Balaban J connectivity index is 2.08. The van der Waals surface area contributed by atoms with Crippen LogP contribution < -0.4 is 0 Å². The van der Waals surface area contributed by atoms with Gasteiger partial charge in [-0.25, -0.2) is 4.39 Å².